The molecule has 0 heterocycles. The van der Waals surface area contributed by atoms with Crippen molar-refractivity contribution in [1.29, 1.82) is 0 Å². The average molecular weight is 234 g/mol. The van der Waals surface area contributed by atoms with Crippen LogP contribution in [0.1, 0.15) is 39.2 Å². The first-order chi connectivity index (χ1) is 8.22. The van der Waals surface area contributed by atoms with Crippen LogP contribution in [0.25, 0.3) is 0 Å². The minimum atomic E-state index is 0.157. The number of nitrogens with zero attached hydrogens (tertiary/aromatic N) is 1. The summed E-state index contributed by atoms with van der Waals surface area (Å²) in [4.78, 5) is 2.52. The minimum absolute atomic E-state index is 0.157. The Morgan fingerprint density at radius 3 is 2.06 bits per heavy atom. The molecule has 0 fully saturated rings. The predicted octanol–water partition coefficient (Wildman–Crippen LogP) is 3.03. The highest BCUT2D eigenvalue weighted by Crippen LogP contribution is 2.24. The Labute approximate surface area is 106 Å². The Morgan fingerprint density at radius 1 is 1.06 bits per heavy atom. The van der Waals surface area contributed by atoms with E-state index in [9.17, 15) is 0 Å². The van der Waals surface area contributed by atoms with Crippen molar-refractivity contribution in [3.05, 3.63) is 35.9 Å². The highest BCUT2D eigenvalue weighted by molar-refractivity contribution is 5.15. The third-order valence-corrected chi connectivity index (χ3v) is 3.96. The lowest BCUT2D eigenvalue weighted by molar-refractivity contribution is 0.0828. The predicted molar refractivity (Wildman–Crippen MR) is 74.9 cm³/mol. The second kappa shape index (κ2) is 6.77. The van der Waals surface area contributed by atoms with Gasteiger partial charge >= 0.3 is 0 Å². The normalized spacial score (nSPS) is 12.1. The lowest BCUT2D eigenvalue weighted by Gasteiger charge is -2.42. The molecule has 0 atom stereocenters. The zero-order chi connectivity index (χ0) is 12.7. The van der Waals surface area contributed by atoms with Crippen LogP contribution in [-0.2, 0) is 6.54 Å². The Hall–Kier alpha value is -0.860. The van der Waals surface area contributed by atoms with Gasteiger partial charge in [-0.05, 0) is 24.9 Å². The van der Waals surface area contributed by atoms with Crippen molar-refractivity contribution < 1.29 is 0 Å². The molecule has 2 N–H and O–H groups in total. The summed E-state index contributed by atoms with van der Waals surface area (Å²) in [6.07, 6.45) is 2.22. The first kappa shape index (κ1) is 14.2. The molecule has 0 bridgehead atoms. The first-order valence-electron chi connectivity index (χ1n) is 6.71. The van der Waals surface area contributed by atoms with Gasteiger partial charge in [-0.2, -0.15) is 0 Å². The van der Waals surface area contributed by atoms with Crippen molar-refractivity contribution in [1.82, 2.24) is 4.90 Å². The topological polar surface area (TPSA) is 29.3 Å². The SMILES string of the molecule is CCN(Cc1ccccc1)C(CC)(CC)CN. The quantitative estimate of drug-likeness (QED) is 0.786. The molecule has 0 aliphatic heterocycles. The van der Waals surface area contributed by atoms with E-state index < -0.39 is 0 Å². The molecule has 17 heavy (non-hydrogen) atoms. The van der Waals surface area contributed by atoms with Crippen LogP contribution in [0.15, 0.2) is 30.3 Å². The maximum absolute atomic E-state index is 6.02. The highest BCUT2D eigenvalue weighted by Gasteiger charge is 2.30. The molecule has 0 unspecified atom stereocenters. The zero-order valence-electron chi connectivity index (χ0n) is 11.4. The third kappa shape index (κ3) is 3.30. The van der Waals surface area contributed by atoms with Crippen LogP contribution < -0.4 is 5.73 Å². The van der Waals surface area contributed by atoms with Gasteiger partial charge in [0.25, 0.3) is 0 Å². The van der Waals surface area contributed by atoms with Gasteiger partial charge in [-0.1, -0.05) is 51.1 Å². The van der Waals surface area contributed by atoms with Crippen molar-refractivity contribution >= 4 is 0 Å². The molecule has 0 saturated carbocycles. The highest BCUT2D eigenvalue weighted by atomic mass is 15.2. The number of rotatable bonds is 7. The molecule has 0 radical (unpaired) electrons. The van der Waals surface area contributed by atoms with E-state index in [0.29, 0.717) is 0 Å². The second-order valence-electron chi connectivity index (χ2n) is 4.64. The van der Waals surface area contributed by atoms with Gasteiger partial charge < -0.3 is 5.73 Å². The molecule has 1 aromatic carbocycles. The summed E-state index contributed by atoms with van der Waals surface area (Å²) in [5, 5.41) is 0. The zero-order valence-corrected chi connectivity index (χ0v) is 11.4. The summed E-state index contributed by atoms with van der Waals surface area (Å²) < 4.78 is 0. The van der Waals surface area contributed by atoms with Gasteiger partial charge in [0.15, 0.2) is 0 Å². The summed E-state index contributed by atoms with van der Waals surface area (Å²) in [6, 6.07) is 10.6. The maximum Gasteiger partial charge on any atom is 0.0329 e. The van der Waals surface area contributed by atoms with Gasteiger partial charge in [-0.15, -0.1) is 0 Å². The standard InChI is InChI=1S/C15H26N2/c1-4-15(5-2,13-16)17(6-3)12-14-10-8-7-9-11-14/h7-11H,4-6,12-13,16H2,1-3H3. The summed E-state index contributed by atoms with van der Waals surface area (Å²) in [7, 11) is 0. The van der Waals surface area contributed by atoms with Crippen molar-refractivity contribution in [2.45, 2.75) is 45.7 Å². The molecule has 2 nitrogen and oxygen atoms in total. The molecule has 96 valence electrons. The lowest BCUT2D eigenvalue weighted by atomic mass is 9.90. The summed E-state index contributed by atoms with van der Waals surface area (Å²) in [5.74, 6) is 0. The smallest absolute Gasteiger partial charge is 0.0329 e. The van der Waals surface area contributed by atoms with Gasteiger partial charge in [0.1, 0.15) is 0 Å². The molecule has 2 heteroatoms. The van der Waals surface area contributed by atoms with E-state index in [1.54, 1.807) is 0 Å². The van der Waals surface area contributed by atoms with Crippen LogP contribution in [-0.4, -0.2) is 23.5 Å². The van der Waals surface area contributed by atoms with E-state index >= 15 is 0 Å². The molecule has 0 aliphatic carbocycles. The van der Waals surface area contributed by atoms with Crippen LogP contribution in [0.4, 0.5) is 0 Å². The molecule has 0 amide bonds. The van der Waals surface area contributed by atoms with Crippen LogP contribution in [0, 0.1) is 0 Å². The molecule has 0 aliphatic rings. The minimum Gasteiger partial charge on any atom is -0.329 e. The monoisotopic (exact) mass is 234 g/mol. The molecular formula is C15H26N2. The molecule has 1 aromatic rings. The van der Waals surface area contributed by atoms with Gasteiger partial charge in [0, 0.05) is 18.6 Å². The fourth-order valence-corrected chi connectivity index (χ4v) is 2.53. The van der Waals surface area contributed by atoms with E-state index in [0.717, 1.165) is 32.5 Å². The van der Waals surface area contributed by atoms with Gasteiger partial charge in [0.05, 0.1) is 0 Å². The second-order valence-corrected chi connectivity index (χ2v) is 4.64. The summed E-state index contributed by atoms with van der Waals surface area (Å²) in [5.41, 5.74) is 7.54. The molecule has 0 saturated heterocycles. The van der Waals surface area contributed by atoms with Crippen LogP contribution in [0.2, 0.25) is 0 Å². The van der Waals surface area contributed by atoms with E-state index in [1.165, 1.54) is 5.56 Å². The van der Waals surface area contributed by atoms with Crippen LogP contribution >= 0.6 is 0 Å². The number of hydrogen-bond acceptors (Lipinski definition) is 2. The molecular weight excluding hydrogens is 208 g/mol. The van der Waals surface area contributed by atoms with E-state index in [-0.39, 0.29) is 5.54 Å². The van der Waals surface area contributed by atoms with Crippen LogP contribution in [0.5, 0.6) is 0 Å². The average Bonchev–Trinajstić information content (AvgIpc) is 2.41. The number of hydrogen-bond donors (Lipinski definition) is 1. The van der Waals surface area contributed by atoms with Crippen molar-refractivity contribution in [3.8, 4) is 0 Å². The van der Waals surface area contributed by atoms with Crippen molar-refractivity contribution in [3.63, 3.8) is 0 Å². The fraction of sp³-hybridized carbons (Fsp3) is 0.600. The number of likely N-dealkylation sites (N-methyl/N-ethyl adjacent to an activating group) is 1. The summed E-state index contributed by atoms with van der Waals surface area (Å²) >= 11 is 0. The van der Waals surface area contributed by atoms with Crippen molar-refractivity contribution in [2.75, 3.05) is 13.1 Å². The maximum atomic E-state index is 6.02. The van der Waals surface area contributed by atoms with Crippen LogP contribution in [0.3, 0.4) is 0 Å². The van der Waals surface area contributed by atoms with E-state index in [1.807, 2.05) is 0 Å². The molecule has 0 aromatic heterocycles. The van der Waals surface area contributed by atoms with Crippen molar-refractivity contribution in [2.24, 2.45) is 5.73 Å². The van der Waals surface area contributed by atoms with E-state index in [4.69, 9.17) is 5.73 Å². The largest absolute Gasteiger partial charge is 0.329 e. The Balaban J connectivity index is 2.83. The van der Waals surface area contributed by atoms with Gasteiger partial charge in [-0.3, -0.25) is 4.90 Å². The summed E-state index contributed by atoms with van der Waals surface area (Å²) in [6.45, 7) is 9.48. The van der Waals surface area contributed by atoms with Gasteiger partial charge in [-0.25, -0.2) is 0 Å². The number of nitrogens with two attached hydrogens (primary N) is 1. The Bertz CT molecular complexity index is 296. The molecule has 1 rings (SSSR count). The fourth-order valence-electron chi connectivity index (χ4n) is 2.53. The first-order valence-corrected chi connectivity index (χ1v) is 6.71. The Kier molecular flexibility index (Phi) is 5.66. The number of benzene rings is 1. The Morgan fingerprint density at radius 2 is 1.65 bits per heavy atom. The third-order valence-electron chi connectivity index (χ3n) is 3.96. The van der Waals surface area contributed by atoms with E-state index in [2.05, 4.69) is 56.0 Å². The molecule has 0 spiro atoms. The van der Waals surface area contributed by atoms with Gasteiger partial charge in [0.2, 0.25) is 0 Å². The lowest BCUT2D eigenvalue weighted by Crippen LogP contribution is -2.52.